The molecule has 1 N–H and O–H groups in total. The van der Waals surface area contributed by atoms with Gasteiger partial charge in [-0.15, -0.1) is 11.8 Å². The lowest BCUT2D eigenvalue weighted by molar-refractivity contribution is -0.117. The van der Waals surface area contributed by atoms with Crippen LogP contribution >= 0.6 is 11.8 Å². The first-order chi connectivity index (χ1) is 14.6. The molecule has 158 valence electrons. The predicted molar refractivity (Wildman–Crippen MR) is 122 cm³/mol. The van der Waals surface area contributed by atoms with Crippen LogP contribution in [0.4, 0.5) is 11.4 Å². The van der Waals surface area contributed by atoms with E-state index in [0.29, 0.717) is 18.1 Å². The van der Waals surface area contributed by atoms with E-state index in [0.717, 1.165) is 29.1 Å². The Morgan fingerprint density at radius 1 is 1.17 bits per heavy atom. The van der Waals surface area contributed by atoms with Gasteiger partial charge in [0.05, 0.1) is 12.9 Å². The molecule has 0 bridgehead atoms. The van der Waals surface area contributed by atoms with Crippen LogP contribution in [0.25, 0.3) is 0 Å². The third-order valence-electron chi connectivity index (χ3n) is 5.91. The van der Waals surface area contributed by atoms with Gasteiger partial charge in [-0.3, -0.25) is 14.5 Å². The number of carbonyl (C=O) groups is 2. The van der Waals surface area contributed by atoms with Gasteiger partial charge in [0.25, 0.3) is 0 Å². The SMILES string of the molecule is COc1cccc(N2C(=O)CS[C@H]2c2cccc(NC(=O)CCC3CCCC3)c2)c1. The Hall–Kier alpha value is -2.47. The predicted octanol–water partition coefficient (Wildman–Crippen LogP) is 5.38. The Kier molecular flexibility index (Phi) is 6.62. The van der Waals surface area contributed by atoms with E-state index in [-0.39, 0.29) is 17.2 Å². The van der Waals surface area contributed by atoms with Crippen LogP contribution in [0.2, 0.25) is 0 Å². The van der Waals surface area contributed by atoms with Crippen LogP contribution in [0.5, 0.6) is 5.75 Å². The van der Waals surface area contributed by atoms with Crippen LogP contribution in [0.3, 0.4) is 0 Å². The number of thioether (sulfide) groups is 1. The molecular formula is C24H28N2O3S. The molecule has 0 unspecified atom stereocenters. The Morgan fingerprint density at radius 2 is 1.97 bits per heavy atom. The largest absolute Gasteiger partial charge is 0.497 e. The van der Waals surface area contributed by atoms with E-state index >= 15 is 0 Å². The summed E-state index contributed by atoms with van der Waals surface area (Å²) in [4.78, 5) is 26.9. The van der Waals surface area contributed by atoms with Crippen molar-refractivity contribution in [2.75, 3.05) is 23.1 Å². The summed E-state index contributed by atoms with van der Waals surface area (Å²) in [6.45, 7) is 0. The third-order valence-corrected chi connectivity index (χ3v) is 7.12. The molecule has 1 atom stereocenters. The summed E-state index contributed by atoms with van der Waals surface area (Å²) < 4.78 is 5.32. The van der Waals surface area contributed by atoms with E-state index in [1.165, 1.54) is 25.7 Å². The molecule has 1 saturated heterocycles. The minimum absolute atomic E-state index is 0.0684. The molecule has 2 aliphatic rings. The quantitative estimate of drug-likeness (QED) is 0.648. The standard InChI is InChI=1S/C24H28N2O3S/c1-29-21-11-5-10-20(15-21)26-23(28)16-30-24(26)18-8-4-9-19(14-18)25-22(27)13-12-17-6-2-3-7-17/h4-5,8-11,14-15,17,24H,2-3,6-7,12-13,16H2,1H3,(H,25,27)/t24-/m0/s1. The number of ether oxygens (including phenoxy) is 1. The summed E-state index contributed by atoms with van der Waals surface area (Å²) in [7, 11) is 1.62. The van der Waals surface area contributed by atoms with Gasteiger partial charge in [-0.1, -0.05) is 43.9 Å². The Balaban J connectivity index is 1.46. The molecule has 5 nitrogen and oxygen atoms in total. The second-order valence-electron chi connectivity index (χ2n) is 7.99. The second-order valence-corrected chi connectivity index (χ2v) is 9.06. The van der Waals surface area contributed by atoms with Gasteiger partial charge in [0.2, 0.25) is 11.8 Å². The van der Waals surface area contributed by atoms with Gasteiger partial charge in [-0.05, 0) is 42.2 Å². The van der Waals surface area contributed by atoms with Crippen molar-refractivity contribution in [3.8, 4) is 5.75 Å². The number of carbonyl (C=O) groups excluding carboxylic acids is 2. The number of anilines is 2. The molecule has 0 radical (unpaired) electrons. The summed E-state index contributed by atoms with van der Waals surface area (Å²) in [6.07, 6.45) is 6.67. The van der Waals surface area contributed by atoms with Crippen molar-refractivity contribution in [1.82, 2.24) is 0 Å². The molecule has 2 amide bonds. The zero-order chi connectivity index (χ0) is 20.9. The number of nitrogens with one attached hydrogen (secondary N) is 1. The van der Waals surface area contributed by atoms with E-state index in [4.69, 9.17) is 4.74 Å². The average Bonchev–Trinajstić information content (AvgIpc) is 3.42. The first kappa shape index (κ1) is 20.8. The molecule has 0 aromatic heterocycles. The first-order valence-corrected chi connectivity index (χ1v) is 11.7. The van der Waals surface area contributed by atoms with Gasteiger partial charge in [-0.2, -0.15) is 0 Å². The maximum absolute atomic E-state index is 12.6. The number of rotatable bonds is 7. The second kappa shape index (κ2) is 9.56. The lowest BCUT2D eigenvalue weighted by atomic mass is 10.0. The summed E-state index contributed by atoms with van der Waals surface area (Å²) in [5.74, 6) is 2.00. The molecule has 2 aromatic carbocycles. The maximum atomic E-state index is 12.6. The van der Waals surface area contributed by atoms with Crippen LogP contribution < -0.4 is 15.0 Å². The van der Waals surface area contributed by atoms with E-state index in [1.54, 1.807) is 18.9 Å². The van der Waals surface area contributed by atoms with Crippen LogP contribution in [-0.4, -0.2) is 24.7 Å². The zero-order valence-corrected chi connectivity index (χ0v) is 18.1. The molecule has 1 aliphatic carbocycles. The van der Waals surface area contributed by atoms with Crippen LogP contribution in [0.1, 0.15) is 49.5 Å². The fourth-order valence-corrected chi connectivity index (χ4v) is 5.50. The fraction of sp³-hybridized carbons (Fsp3) is 0.417. The zero-order valence-electron chi connectivity index (χ0n) is 17.3. The van der Waals surface area contributed by atoms with Gasteiger partial charge in [0.1, 0.15) is 11.1 Å². The number of nitrogens with zero attached hydrogens (tertiary/aromatic N) is 1. The summed E-state index contributed by atoms with van der Waals surface area (Å²) in [5.41, 5.74) is 2.61. The highest BCUT2D eigenvalue weighted by molar-refractivity contribution is 8.00. The monoisotopic (exact) mass is 424 g/mol. The highest BCUT2D eigenvalue weighted by atomic mass is 32.2. The lowest BCUT2D eigenvalue weighted by Gasteiger charge is -2.25. The van der Waals surface area contributed by atoms with Gasteiger partial charge < -0.3 is 10.1 Å². The van der Waals surface area contributed by atoms with E-state index in [9.17, 15) is 9.59 Å². The molecule has 1 saturated carbocycles. The molecular weight excluding hydrogens is 396 g/mol. The van der Waals surface area contributed by atoms with Crippen molar-refractivity contribution < 1.29 is 14.3 Å². The third kappa shape index (κ3) is 4.81. The van der Waals surface area contributed by atoms with Crippen LogP contribution in [-0.2, 0) is 9.59 Å². The number of benzene rings is 2. The Morgan fingerprint density at radius 3 is 2.77 bits per heavy atom. The minimum Gasteiger partial charge on any atom is -0.497 e. The fourth-order valence-electron chi connectivity index (χ4n) is 4.34. The number of hydrogen-bond acceptors (Lipinski definition) is 4. The Labute approximate surface area is 182 Å². The molecule has 30 heavy (non-hydrogen) atoms. The Bertz CT molecular complexity index is 911. The van der Waals surface area contributed by atoms with Crippen LogP contribution in [0, 0.1) is 5.92 Å². The van der Waals surface area contributed by atoms with E-state index in [1.807, 2.05) is 53.4 Å². The van der Waals surface area contributed by atoms with Gasteiger partial charge in [0.15, 0.2) is 0 Å². The molecule has 0 spiro atoms. The molecule has 2 aromatic rings. The van der Waals surface area contributed by atoms with Gasteiger partial charge in [0, 0.05) is 23.9 Å². The topological polar surface area (TPSA) is 58.6 Å². The van der Waals surface area contributed by atoms with Crippen molar-refractivity contribution in [1.29, 1.82) is 0 Å². The normalized spacial score (nSPS) is 19.3. The van der Waals surface area contributed by atoms with Crippen molar-refractivity contribution in [2.24, 2.45) is 5.92 Å². The molecule has 1 heterocycles. The average molecular weight is 425 g/mol. The molecule has 4 rings (SSSR count). The highest BCUT2D eigenvalue weighted by Gasteiger charge is 2.34. The maximum Gasteiger partial charge on any atom is 0.238 e. The van der Waals surface area contributed by atoms with E-state index in [2.05, 4.69) is 5.32 Å². The van der Waals surface area contributed by atoms with Crippen molar-refractivity contribution >= 4 is 35.0 Å². The molecule has 2 fully saturated rings. The minimum atomic E-state index is -0.125. The van der Waals surface area contributed by atoms with Crippen LogP contribution in [0.15, 0.2) is 48.5 Å². The summed E-state index contributed by atoms with van der Waals surface area (Å²) in [5, 5.41) is 2.92. The van der Waals surface area contributed by atoms with Crippen molar-refractivity contribution in [3.63, 3.8) is 0 Å². The number of methoxy groups -OCH3 is 1. The van der Waals surface area contributed by atoms with Gasteiger partial charge in [-0.25, -0.2) is 0 Å². The molecule has 6 heteroatoms. The van der Waals surface area contributed by atoms with Crippen molar-refractivity contribution in [3.05, 3.63) is 54.1 Å². The lowest BCUT2D eigenvalue weighted by Crippen LogP contribution is -2.27. The van der Waals surface area contributed by atoms with E-state index < -0.39 is 0 Å². The summed E-state index contributed by atoms with van der Waals surface area (Å²) >= 11 is 1.60. The number of hydrogen-bond donors (Lipinski definition) is 1. The first-order valence-electron chi connectivity index (χ1n) is 10.6. The molecule has 1 aliphatic heterocycles. The van der Waals surface area contributed by atoms with Crippen molar-refractivity contribution in [2.45, 2.75) is 43.9 Å². The highest BCUT2D eigenvalue weighted by Crippen LogP contribution is 2.43. The smallest absolute Gasteiger partial charge is 0.238 e. The van der Waals surface area contributed by atoms with Gasteiger partial charge >= 0.3 is 0 Å². The summed E-state index contributed by atoms with van der Waals surface area (Å²) in [6, 6.07) is 15.4. The number of amides is 2.